The molecule has 1 fully saturated rings. The maximum absolute atomic E-state index is 13.4. The molecule has 0 bridgehead atoms. The van der Waals surface area contributed by atoms with Crippen molar-refractivity contribution in [2.24, 2.45) is 5.92 Å². The monoisotopic (exact) mass is 522 g/mol. The summed E-state index contributed by atoms with van der Waals surface area (Å²) in [6.45, 7) is 9.01. The standard InChI is InChI=1S/C26H42N4O5S/c1-5-7-8-9-10-11-24(32)29-16-18-30(19-17-29)26(33)25(20(3)6-2)28-36(34,35)23-14-12-22(13-15-23)27-21(4)31/h12-15,20,25,28H,5-11,16-19H2,1-4H3,(H,27,31). The van der Waals surface area contributed by atoms with E-state index in [9.17, 15) is 22.8 Å². The van der Waals surface area contributed by atoms with E-state index in [1.165, 1.54) is 44.0 Å². The van der Waals surface area contributed by atoms with Gasteiger partial charge in [-0.2, -0.15) is 4.72 Å². The summed E-state index contributed by atoms with van der Waals surface area (Å²) in [6.07, 6.45) is 6.62. The highest BCUT2D eigenvalue weighted by molar-refractivity contribution is 7.89. The third-order valence-electron chi connectivity index (χ3n) is 6.68. The Morgan fingerprint density at radius 3 is 2.06 bits per heavy atom. The smallest absolute Gasteiger partial charge is 0.241 e. The van der Waals surface area contributed by atoms with Crippen LogP contribution in [0.5, 0.6) is 0 Å². The third-order valence-corrected chi connectivity index (χ3v) is 8.14. The van der Waals surface area contributed by atoms with Crippen LogP contribution in [0.4, 0.5) is 5.69 Å². The van der Waals surface area contributed by atoms with E-state index in [-0.39, 0.29) is 28.5 Å². The number of benzene rings is 1. The van der Waals surface area contributed by atoms with Gasteiger partial charge in [0.1, 0.15) is 6.04 Å². The predicted molar refractivity (Wildman–Crippen MR) is 141 cm³/mol. The Balaban J connectivity index is 1.99. The molecule has 2 N–H and O–H groups in total. The van der Waals surface area contributed by atoms with Gasteiger partial charge in [0, 0.05) is 45.2 Å². The molecule has 2 atom stereocenters. The highest BCUT2D eigenvalue weighted by Crippen LogP contribution is 2.19. The van der Waals surface area contributed by atoms with Crippen molar-refractivity contribution in [2.45, 2.75) is 83.6 Å². The Hall–Kier alpha value is -2.46. The van der Waals surface area contributed by atoms with Crippen molar-refractivity contribution < 1.29 is 22.8 Å². The first kappa shape index (κ1) is 29.8. The summed E-state index contributed by atoms with van der Waals surface area (Å²) >= 11 is 0. The van der Waals surface area contributed by atoms with Crippen LogP contribution < -0.4 is 10.0 Å². The molecule has 1 heterocycles. The van der Waals surface area contributed by atoms with Crippen molar-refractivity contribution in [2.75, 3.05) is 31.5 Å². The maximum Gasteiger partial charge on any atom is 0.241 e. The number of hydrogen-bond acceptors (Lipinski definition) is 5. The lowest BCUT2D eigenvalue weighted by molar-refractivity contribution is -0.141. The maximum atomic E-state index is 13.4. The summed E-state index contributed by atoms with van der Waals surface area (Å²) in [5.74, 6) is -0.608. The lowest BCUT2D eigenvalue weighted by Gasteiger charge is -2.37. The van der Waals surface area contributed by atoms with Gasteiger partial charge < -0.3 is 15.1 Å². The van der Waals surface area contributed by atoms with Crippen molar-refractivity contribution in [1.82, 2.24) is 14.5 Å². The molecule has 0 saturated carbocycles. The second-order valence-corrected chi connectivity index (χ2v) is 11.3. The lowest BCUT2D eigenvalue weighted by atomic mass is 9.98. The summed E-state index contributed by atoms with van der Waals surface area (Å²) in [5, 5.41) is 2.60. The number of amides is 3. The number of sulfonamides is 1. The Labute approximate surface area is 216 Å². The van der Waals surface area contributed by atoms with Crippen LogP contribution in [0.3, 0.4) is 0 Å². The number of carbonyl (C=O) groups is 3. The zero-order valence-corrected chi connectivity index (χ0v) is 22.9. The molecule has 0 aromatic heterocycles. The van der Waals surface area contributed by atoms with E-state index < -0.39 is 16.1 Å². The van der Waals surface area contributed by atoms with E-state index in [0.29, 0.717) is 44.7 Å². The van der Waals surface area contributed by atoms with Gasteiger partial charge in [0.25, 0.3) is 0 Å². The molecule has 1 aromatic rings. The van der Waals surface area contributed by atoms with Crippen LogP contribution in [0.25, 0.3) is 0 Å². The average Bonchev–Trinajstić information content (AvgIpc) is 2.86. The molecule has 36 heavy (non-hydrogen) atoms. The first-order valence-corrected chi connectivity index (χ1v) is 14.5. The first-order valence-electron chi connectivity index (χ1n) is 13.1. The molecule has 3 amide bonds. The Bertz CT molecular complexity index is 973. The van der Waals surface area contributed by atoms with Gasteiger partial charge in [-0.1, -0.05) is 52.9 Å². The minimum absolute atomic E-state index is 0.0204. The van der Waals surface area contributed by atoms with Gasteiger partial charge in [-0.05, 0) is 36.6 Å². The SMILES string of the molecule is CCCCCCCC(=O)N1CCN(C(=O)C(NS(=O)(=O)c2ccc(NC(C)=O)cc2)C(C)CC)CC1. The molecule has 1 saturated heterocycles. The molecular weight excluding hydrogens is 480 g/mol. The second kappa shape index (κ2) is 14.3. The summed E-state index contributed by atoms with van der Waals surface area (Å²) in [5.41, 5.74) is 0.490. The van der Waals surface area contributed by atoms with Crippen molar-refractivity contribution in [3.63, 3.8) is 0 Å². The highest BCUT2D eigenvalue weighted by Gasteiger charge is 2.34. The molecule has 1 aliphatic rings. The molecule has 2 rings (SSSR count). The van der Waals surface area contributed by atoms with Crippen LogP contribution in [-0.2, 0) is 24.4 Å². The summed E-state index contributed by atoms with van der Waals surface area (Å²) in [6, 6.07) is 4.92. The minimum Gasteiger partial charge on any atom is -0.339 e. The fraction of sp³-hybridized carbons (Fsp3) is 0.654. The molecule has 0 radical (unpaired) electrons. The van der Waals surface area contributed by atoms with E-state index in [1.807, 2.05) is 18.7 Å². The van der Waals surface area contributed by atoms with E-state index in [0.717, 1.165) is 19.3 Å². The van der Waals surface area contributed by atoms with Gasteiger partial charge in [-0.15, -0.1) is 0 Å². The largest absolute Gasteiger partial charge is 0.339 e. The van der Waals surface area contributed by atoms with E-state index in [2.05, 4.69) is 17.0 Å². The zero-order chi connectivity index (χ0) is 26.7. The Kier molecular flexibility index (Phi) is 11.8. The van der Waals surface area contributed by atoms with Crippen molar-refractivity contribution in [1.29, 1.82) is 0 Å². The summed E-state index contributed by atoms with van der Waals surface area (Å²) in [7, 11) is -3.96. The fourth-order valence-corrected chi connectivity index (χ4v) is 5.51. The van der Waals surface area contributed by atoms with Crippen LogP contribution in [0.2, 0.25) is 0 Å². The number of piperazine rings is 1. The number of carbonyl (C=O) groups excluding carboxylic acids is 3. The molecule has 10 heteroatoms. The molecule has 2 unspecified atom stereocenters. The van der Waals surface area contributed by atoms with Crippen molar-refractivity contribution >= 4 is 33.4 Å². The number of rotatable bonds is 13. The molecule has 202 valence electrons. The number of nitrogens with one attached hydrogen (secondary N) is 2. The zero-order valence-electron chi connectivity index (χ0n) is 22.1. The number of hydrogen-bond donors (Lipinski definition) is 2. The van der Waals surface area contributed by atoms with Gasteiger partial charge in [-0.25, -0.2) is 8.42 Å². The van der Waals surface area contributed by atoms with Gasteiger partial charge in [0.15, 0.2) is 0 Å². The van der Waals surface area contributed by atoms with Crippen LogP contribution in [-0.4, -0.2) is 68.2 Å². The summed E-state index contributed by atoms with van der Waals surface area (Å²) in [4.78, 5) is 40.6. The molecule has 1 aliphatic heterocycles. The van der Waals surface area contributed by atoms with Crippen molar-refractivity contribution in [3.05, 3.63) is 24.3 Å². The van der Waals surface area contributed by atoms with Gasteiger partial charge in [0.05, 0.1) is 4.90 Å². The van der Waals surface area contributed by atoms with Gasteiger partial charge >= 0.3 is 0 Å². The van der Waals surface area contributed by atoms with Crippen molar-refractivity contribution in [3.8, 4) is 0 Å². The quantitative estimate of drug-likeness (QED) is 0.386. The van der Waals surface area contributed by atoms with Gasteiger partial charge in [0.2, 0.25) is 27.7 Å². The highest BCUT2D eigenvalue weighted by atomic mass is 32.2. The third kappa shape index (κ3) is 8.89. The number of anilines is 1. The fourth-order valence-electron chi connectivity index (χ4n) is 4.21. The molecular formula is C26H42N4O5S. The number of unbranched alkanes of at least 4 members (excludes halogenated alkanes) is 4. The minimum atomic E-state index is -3.96. The Morgan fingerprint density at radius 1 is 0.917 bits per heavy atom. The normalized spacial score (nSPS) is 15.9. The molecule has 1 aromatic carbocycles. The molecule has 0 aliphatic carbocycles. The predicted octanol–water partition coefficient (Wildman–Crippen LogP) is 3.37. The van der Waals surface area contributed by atoms with Crippen LogP contribution >= 0.6 is 0 Å². The lowest BCUT2D eigenvalue weighted by Crippen LogP contribution is -2.57. The summed E-state index contributed by atoms with van der Waals surface area (Å²) < 4.78 is 28.7. The molecule has 0 spiro atoms. The van der Waals surface area contributed by atoms with Crippen LogP contribution in [0, 0.1) is 5.92 Å². The van der Waals surface area contributed by atoms with Crippen LogP contribution in [0.15, 0.2) is 29.2 Å². The number of nitrogens with zero attached hydrogens (tertiary/aromatic N) is 2. The second-order valence-electron chi connectivity index (χ2n) is 9.56. The van der Waals surface area contributed by atoms with Crippen LogP contribution in [0.1, 0.15) is 72.6 Å². The van der Waals surface area contributed by atoms with Gasteiger partial charge in [-0.3, -0.25) is 14.4 Å². The topological polar surface area (TPSA) is 116 Å². The molecule has 9 nitrogen and oxygen atoms in total. The van der Waals surface area contributed by atoms with E-state index >= 15 is 0 Å². The average molecular weight is 523 g/mol. The van der Waals surface area contributed by atoms with E-state index in [4.69, 9.17) is 0 Å². The van der Waals surface area contributed by atoms with E-state index in [1.54, 1.807) is 4.90 Å². The first-order chi connectivity index (χ1) is 17.1. The Morgan fingerprint density at radius 2 is 1.50 bits per heavy atom.